The number of nitrogens with one attached hydrogen (secondary N) is 2. The van der Waals surface area contributed by atoms with E-state index in [9.17, 15) is 14.4 Å². The maximum Gasteiger partial charge on any atom is 0.326 e. The van der Waals surface area contributed by atoms with E-state index in [-0.39, 0.29) is 6.54 Å². The lowest BCUT2D eigenvalue weighted by Gasteiger charge is -2.12. The molecule has 0 aliphatic carbocycles. The summed E-state index contributed by atoms with van der Waals surface area (Å²) in [5.74, 6) is -0.438. The molecule has 0 radical (unpaired) electrons. The normalized spacial score (nSPS) is 10.9. The lowest BCUT2D eigenvalue weighted by molar-refractivity contribution is -0.145. The highest BCUT2D eigenvalue weighted by atomic mass is 16.4. The van der Waals surface area contributed by atoms with Gasteiger partial charge in [-0.25, -0.2) is 9.59 Å². The van der Waals surface area contributed by atoms with E-state index in [1.165, 1.54) is 0 Å². The Morgan fingerprint density at radius 2 is 1.94 bits per heavy atom. The first-order chi connectivity index (χ1) is 7.47. The molecule has 88 valence electrons. The van der Waals surface area contributed by atoms with Crippen LogP contribution in [0.25, 0.3) is 0 Å². The van der Waals surface area contributed by atoms with Crippen molar-refractivity contribution in [2.45, 2.75) is 18.9 Å². The topological polar surface area (TPSA) is 116 Å². The van der Waals surface area contributed by atoms with Crippen molar-refractivity contribution in [2.75, 3.05) is 6.54 Å². The molecular weight excluding hydrogens is 216 g/mol. The van der Waals surface area contributed by atoms with Crippen molar-refractivity contribution >= 4 is 18.0 Å². The van der Waals surface area contributed by atoms with Crippen LogP contribution in [0, 0.1) is 12.3 Å². The maximum absolute atomic E-state index is 11.1. The number of carboxylic acid groups (broad SMARTS) is 2. The zero-order chi connectivity index (χ0) is 12.6. The predicted octanol–water partition coefficient (Wildman–Crippen LogP) is -0.763. The Hall–Kier alpha value is -2.23. The smallest absolute Gasteiger partial charge is 0.326 e. The number of carbonyl (C=O) groups excluding carboxylic acids is 1. The first-order valence-electron chi connectivity index (χ1n) is 4.39. The molecule has 0 aromatic heterocycles. The van der Waals surface area contributed by atoms with E-state index >= 15 is 0 Å². The monoisotopic (exact) mass is 228 g/mol. The van der Waals surface area contributed by atoms with Crippen LogP contribution in [0.2, 0.25) is 0 Å². The van der Waals surface area contributed by atoms with Crippen LogP contribution >= 0.6 is 0 Å². The highest BCUT2D eigenvalue weighted by Gasteiger charge is 2.22. The minimum absolute atomic E-state index is 0.196. The van der Waals surface area contributed by atoms with Crippen molar-refractivity contribution in [1.82, 2.24) is 10.6 Å². The number of urea groups is 1. The van der Waals surface area contributed by atoms with E-state index in [0.717, 1.165) is 0 Å². The van der Waals surface area contributed by atoms with E-state index in [1.807, 2.05) is 5.32 Å². The molecule has 0 spiro atoms. The average Bonchev–Trinajstić information content (AvgIpc) is 2.16. The second kappa shape index (κ2) is 7.11. The minimum Gasteiger partial charge on any atom is -0.481 e. The Morgan fingerprint density at radius 1 is 1.31 bits per heavy atom. The number of amides is 2. The number of hydrogen-bond acceptors (Lipinski definition) is 3. The number of carboxylic acids is 2. The molecule has 0 aliphatic rings. The molecule has 0 fully saturated rings. The molecule has 16 heavy (non-hydrogen) atoms. The van der Waals surface area contributed by atoms with E-state index < -0.39 is 30.4 Å². The fourth-order valence-electron chi connectivity index (χ4n) is 0.832. The summed E-state index contributed by atoms with van der Waals surface area (Å²) in [6, 6.07) is -2.22. The summed E-state index contributed by atoms with van der Waals surface area (Å²) in [4.78, 5) is 31.9. The van der Waals surface area contributed by atoms with Crippen LogP contribution in [0.5, 0.6) is 0 Å². The lowest BCUT2D eigenvalue weighted by Crippen LogP contribution is -2.47. The van der Waals surface area contributed by atoms with Crippen LogP contribution in [0.1, 0.15) is 12.8 Å². The Morgan fingerprint density at radius 3 is 2.38 bits per heavy atom. The molecule has 0 saturated heterocycles. The van der Waals surface area contributed by atoms with Gasteiger partial charge in [0.25, 0.3) is 0 Å². The van der Waals surface area contributed by atoms with E-state index in [2.05, 4.69) is 11.2 Å². The first kappa shape index (κ1) is 13.8. The van der Waals surface area contributed by atoms with Gasteiger partial charge >= 0.3 is 18.0 Å². The summed E-state index contributed by atoms with van der Waals surface area (Å²) >= 11 is 0. The highest BCUT2D eigenvalue weighted by molar-refractivity contribution is 5.86. The van der Waals surface area contributed by atoms with Crippen molar-refractivity contribution in [2.24, 2.45) is 0 Å². The fraction of sp³-hybridized carbons (Fsp3) is 0.444. The molecule has 0 aromatic rings. The molecule has 1 atom stereocenters. The first-order valence-corrected chi connectivity index (χ1v) is 4.39. The van der Waals surface area contributed by atoms with Crippen molar-refractivity contribution in [1.29, 1.82) is 0 Å². The van der Waals surface area contributed by atoms with Crippen molar-refractivity contribution in [3.05, 3.63) is 0 Å². The van der Waals surface area contributed by atoms with Gasteiger partial charge in [0.05, 0.1) is 6.42 Å². The van der Waals surface area contributed by atoms with Crippen LogP contribution in [-0.4, -0.2) is 40.8 Å². The Kier molecular flexibility index (Phi) is 6.12. The highest BCUT2D eigenvalue weighted by Crippen LogP contribution is 1.92. The molecule has 0 unspecified atom stereocenters. The molecule has 0 saturated carbocycles. The summed E-state index contributed by atoms with van der Waals surface area (Å²) in [7, 11) is 0. The fourth-order valence-corrected chi connectivity index (χ4v) is 0.832. The Balaban J connectivity index is 4.09. The molecule has 0 bridgehead atoms. The molecule has 2 amide bonds. The minimum atomic E-state index is -1.46. The van der Waals surface area contributed by atoms with Gasteiger partial charge in [0.15, 0.2) is 0 Å². The second-order valence-corrected chi connectivity index (χ2v) is 2.84. The summed E-state index contributed by atoms with van der Waals surface area (Å²) in [6.07, 6.45) is 4.56. The SMILES string of the molecule is C#CCCNC(=O)N[C@@H](CC(=O)O)C(=O)O. The van der Waals surface area contributed by atoms with Gasteiger partial charge in [0.1, 0.15) is 6.04 Å². The van der Waals surface area contributed by atoms with Gasteiger partial charge in [-0.1, -0.05) is 0 Å². The average molecular weight is 228 g/mol. The van der Waals surface area contributed by atoms with Crippen molar-refractivity contribution < 1.29 is 24.6 Å². The van der Waals surface area contributed by atoms with Gasteiger partial charge in [0.2, 0.25) is 0 Å². The van der Waals surface area contributed by atoms with Gasteiger partial charge in [0, 0.05) is 13.0 Å². The van der Waals surface area contributed by atoms with Crippen molar-refractivity contribution in [3.8, 4) is 12.3 Å². The van der Waals surface area contributed by atoms with Crippen molar-refractivity contribution in [3.63, 3.8) is 0 Å². The maximum atomic E-state index is 11.1. The van der Waals surface area contributed by atoms with Crippen LogP contribution in [0.3, 0.4) is 0 Å². The molecular formula is C9H12N2O5. The molecule has 4 N–H and O–H groups in total. The number of aliphatic carboxylic acids is 2. The molecule has 7 nitrogen and oxygen atoms in total. The summed E-state index contributed by atoms with van der Waals surface area (Å²) in [5.41, 5.74) is 0. The summed E-state index contributed by atoms with van der Waals surface area (Å²) in [6.45, 7) is 0.196. The van der Waals surface area contributed by atoms with E-state index in [0.29, 0.717) is 6.42 Å². The third-order valence-corrected chi connectivity index (χ3v) is 1.54. The van der Waals surface area contributed by atoms with Crippen LogP contribution in [0.4, 0.5) is 4.79 Å². The van der Waals surface area contributed by atoms with E-state index in [4.69, 9.17) is 16.6 Å². The van der Waals surface area contributed by atoms with Gasteiger partial charge in [-0.3, -0.25) is 4.79 Å². The lowest BCUT2D eigenvalue weighted by atomic mass is 10.2. The Labute approximate surface area is 91.8 Å². The van der Waals surface area contributed by atoms with E-state index in [1.54, 1.807) is 0 Å². The molecule has 0 rings (SSSR count). The number of rotatable bonds is 6. The number of hydrogen-bond donors (Lipinski definition) is 4. The summed E-state index contributed by atoms with van der Waals surface area (Å²) < 4.78 is 0. The zero-order valence-electron chi connectivity index (χ0n) is 8.40. The zero-order valence-corrected chi connectivity index (χ0v) is 8.40. The number of terminal acetylenes is 1. The largest absolute Gasteiger partial charge is 0.481 e. The van der Waals surface area contributed by atoms with Gasteiger partial charge < -0.3 is 20.8 Å². The standard InChI is InChI=1S/C9H12N2O5/c1-2-3-4-10-9(16)11-6(8(14)15)5-7(12)13/h1,6H,3-5H2,(H,12,13)(H,14,15)(H2,10,11,16)/t6-/m0/s1. The van der Waals surface area contributed by atoms with Crippen LogP contribution < -0.4 is 10.6 Å². The quantitative estimate of drug-likeness (QED) is 0.352. The van der Waals surface area contributed by atoms with Crippen LogP contribution in [-0.2, 0) is 9.59 Å². The van der Waals surface area contributed by atoms with Crippen LogP contribution in [0.15, 0.2) is 0 Å². The molecule has 0 aromatic carbocycles. The summed E-state index contributed by atoms with van der Waals surface area (Å²) in [5, 5.41) is 21.3. The predicted molar refractivity (Wildman–Crippen MR) is 53.7 cm³/mol. The molecule has 7 heteroatoms. The second-order valence-electron chi connectivity index (χ2n) is 2.84. The van der Waals surface area contributed by atoms with Gasteiger partial charge in [-0.15, -0.1) is 12.3 Å². The third kappa shape index (κ3) is 6.26. The Bertz CT molecular complexity index is 320. The molecule has 0 aliphatic heterocycles. The third-order valence-electron chi connectivity index (χ3n) is 1.54. The van der Waals surface area contributed by atoms with Gasteiger partial charge in [-0.2, -0.15) is 0 Å². The van der Waals surface area contributed by atoms with Gasteiger partial charge in [-0.05, 0) is 0 Å². The number of carbonyl (C=O) groups is 3. The molecule has 0 heterocycles.